The molecular formula is C30H48N8O8S. The van der Waals surface area contributed by atoms with Gasteiger partial charge in [0.05, 0.1) is 6.54 Å². The normalized spacial score (nSPS) is 14.1. The molecule has 0 saturated heterocycles. The van der Waals surface area contributed by atoms with E-state index < -0.39 is 84.1 Å². The van der Waals surface area contributed by atoms with E-state index in [0.717, 1.165) is 0 Å². The van der Waals surface area contributed by atoms with Crippen molar-refractivity contribution in [2.24, 2.45) is 23.1 Å². The minimum Gasteiger partial charge on any atom is -0.480 e. The summed E-state index contributed by atoms with van der Waals surface area (Å²) in [6.45, 7) is 3.23. The largest absolute Gasteiger partial charge is 0.480 e. The van der Waals surface area contributed by atoms with Crippen LogP contribution in [0.4, 0.5) is 0 Å². The van der Waals surface area contributed by atoms with Crippen molar-refractivity contribution in [3.63, 3.8) is 0 Å². The van der Waals surface area contributed by atoms with E-state index in [-0.39, 0.29) is 31.4 Å². The van der Waals surface area contributed by atoms with Crippen molar-refractivity contribution in [3.8, 4) is 0 Å². The highest BCUT2D eigenvalue weighted by atomic mass is 32.1. The zero-order chi connectivity index (χ0) is 35.5. The van der Waals surface area contributed by atoms with Crippen LogP contribution in [0.2, 0.25) is 0 Å². The number of nitrogens with two attached hydrogens (primary N) is 3. The molecule has 1 aromatic carbocycles. The molecule has 1 rings (SSSR count). The predicted octanol–water partition coefficient (Wildman–Crippen LogP) is -2.32. The van der Waals surface area contributed by atoms with Crippen molar-refractivity contribution >= 4 is 54.0 Å². The third-order valence-corrected chi connectivity index (χ3v) is 7.42. The van der Waals surface area contributed by atoms with Gasteiger partial charge in [0.1, 0.15) is 30.2 Å². The van der Waals surface area contributed by atoms with Gasteiger partial charge in [0.25, 0.3) is 0 Å². The fourth-order valence-electron chi connectivity index (χ4n) is 4.41. The van der Waals surface area contributed by atoms with E-state index in [0.29, 0.717) is 24.9 Å². The smallest absolute Gasteiger partial charge is 0.326 e. The Labute approximate surface area is 279 Å². The van der Waals surface area contributed by atoms with Crippen LogP contribution in [0.15, 0.2) is 30.3 Å². The lowest BCUT2D eigenvalue weighted by Crippen LogP contribution is -2.60. The molecule has 16 nitrogen and oxygen atoms in total. The summed E-state index contributed by atoms with van der Waals surface area (Å²) in [7, 11) is 0. The first-order valence-corrected chi connectivity index (χ1v) is 15.9. The Balaban J connectivity index is 3.07. The quantitative estimate of drug-likeness (QED) is 0.0461. The molecule has 0 heterocycles. The van der Waals surface area contributed by atoms with Gasteiger partial charge in [-0.25, -0.2) is 4.79 Å². The number of carboxylic acids is 1. The number of carboxylic acid groups (broad SMARTS) is 1. The van der Waals surface area contributed by atoms with Crippen LogP contribution < -0.4 is 43.8 Å². The van der Waals surface area contributed by atoms with E-state index in [2.05, 4.69) is 39.2 Å². The number of hydrogen-bond donors (Lipinski definition) is 10. The summed E-state index contributed by atoms with van der Waals surface area (Å²) < 4.78 is 0. The molecule has 0 fully saturated rings. The summed E-state index contributed by atoms with van der Waals surface area (Å²) in [5, 5.41) is 22.2. The van der Waals surface area contributed by atoms with Crippen LogP contribution in [0.25, 0.3) is 0 Å². The minimum absolute atomic E-state index is 0.0103. The molecule has 0 aliphatic carbocycles. The molecule has 1 aromatic rings. The molecule has 0 saturated carbocycles. The van der Waals surface area contributed by atoms with Crippen LogP contribution in [0.3, 0.4) is 0 Å². The monoisotopic (exact) mass is 680 g/mol. The number of hydrogen-bond acceptors (Lipinski definition) is 10. The number of unbranched alkanes of at least 4 members (excludes halogenated alkanes) is 1. The fraction of sp³-hybridized carbons (Fsp3) is 0.567. The molecule has 0 bridgehead atoms. The second kappa shape index (κ2) is 21.6. The third kappa shape index (κ3) is 15.3. The van der Waals surface area contributed by atoms with Gasteiger partial charge in [0, 0.05) is 18.6 Å². The number of primary amides is 1. The number of thiol groups is 1. The van der Waals surface area contributed by atoms with Crippen molar-refractivity contribution in [1.29, 1.82) is 0 Å². The summed E-state index contributed by atoms with van der Waals surface area (Å²) in [5.74, 6) is -6.28. The second-order valence-corrected chi connectivity index (χ2v) is 11.6. The lowest BCUT2D eigenvalue weighted by atomic mass is 10.0. The zero-order valence-corrected chi connectivity index (χ0v) is 27.6. The minimum atomic E-state index is -1.27. The summed E-state index contributed by atoms with van der Waals surface area (Å²) >= 11 is 4.16. The Kier molecular flexibility index (Phi) is 18.7. The van der Waals surface area contributed by atoms with Crippen molar-refractivity contribution in [3.05, 3.63) is 35.9 Å². The maximum atomic E-state index is 13.5. The Hall–Kier alpha value is -4.22. The maximum Gasteiger partial charge on any atom is 0.326 e. The average Bonchev–Trinajstić information content (AvgIpc) is 3.03. The van der Waals surface area contributed by atoms with Crippen molar-refractivity contribution in [2.45, 2.75) is 82.6 Å². The average molecular weight is 681 g/mol. The molecule has 12 N–H and O–H groups in total. The van der Waals surface area contributed by atoms with Crippen LogP contribution in [-0.4, -0.2) is 95.6 Å². The molecule has 0 unspecified atom stereocenters. The van der Waals surface area contributed by atoms with Gasteiger partial charge in [0.2, 0.25) is 35.4 Å². The van der Waals surface area contributed by atoms with Crippen molar-refractivity contribution in [1.82, 2.24) is 26.6 Å². The predicted molar refractivity (Wildman–Crippen MR) is 177 cm³/mol. The van der Waals surface area contributed by atoms with Crippen LogP contribution >= 0.6 is 12.6 Å². The molecule has 0 spiro atoms. The van der Waals surface area contributed by atoms with Crippen LogP contribution in [0.5, 0.6) is 0 Å². The number of carbonyl (C=O) groups excluding carboxylic acids is 6. The molecule has 17 heteroatoms. The molecule has 6 amide bonds. The fourth-order valence-corrected chi connectivity index (χ4v) is 4.67. The topological polar surface area (TPSA) is 278 Å². The maximum absolute atomic E-state index is 13.5. The van der Waals surface area contributed by atoms with Crippen LogP contribution in [-0.2, 0) is 40.0 Å². The van der Waals surface area contributed by atoms with E-state index in [4.69, 9.17) is 17.2 Å². The van der Waals surface area contributed by atoms with E-state index in [1.54, 1.807) is 44.2 Å². The number of rotatable bonds is 22. The molecule has 47 heavy (non-hydrogen) atoms. The van der Waals surface area contributed by atoms with E-state index in [1.165, 1.54) is 0 Å². The summed E-state index contributed by atoms with van der Waals surface area (Å²) in [4.78, 5) is 88.0. The first-order valence-electron chi connectivity index (χ1n) is 15.3. The third-order valence-electron chi connectivity index (χ3n) is 7.06. The van der Waals surface area contributed by atoms with Gasteiger partial charge < -0.3 is 48.9 Å². The lowest BCUT2D eigenvalue weighted by molar-refractivity contribution is -0.142. The molecule has 0 aromatic heterocycles. The van der Waals surface area contributed by atoms with Gasteiger partial charge in [-0.2, -0.15) is 12.6 Å². The van der Waals surface area contributed by atoms with E-state index in [9.17, 15) is 38.7 Å². The lowest BCUT2D eigenvalue weighted by Gasteiger charge is -2.28. The standard InChI is InChI=1S/C30H48N8O8S/c1-17(2)25(29(44)37-22(16-47)28(43)36-21(30(45)46)14-18-8-4-3-5-9-18)38-27(42)19(10-6-7-13-31)35-26(41)20(11-12-23(33)39)34-24(40)15-32/h3-5,8-9,17,19-22,25,47H,6-7,10-16,31-32H2,1-2H3,(H2,33,39)(H,34,40)(H,35,41)(H,36,43)(H,37,44)(H,38,42)(H,45,46)/t19-,20-,21-,22-,25-/m0/s1. The molecule has 0 aliphatic heterocycles. The molecule has 0 aliphatic rings. The van der Waals surface area contributed by atoms with Gasteiger partial charge in [-0.3, -0.25) is 28.8 Å². The molecule has 0 radical (unpaired) electrons. The first-order chi connectivity index (χ1) is 22.2. The van der Waals surface area contributed by atoms with Gasteiger partial charge in [-0.05, 0) is 43.7 Å². The SMILES string of the molecule is CC(C)[C@H](NC(=O)[C@H](CCCCN)NC(=O)[C@H](CCC(N)=O)NC(=O)CN)C(=O)N[C@@H](CS)C(=O)N[C@@H](Cc1ccccc1)C(=O)O. The van der Waals surface area contributed by atoms with E-state index in [1.807, 2.05) is 0 Å². The summed E-state index contributed by atoms with van der Waals surface area (Å²) in [6, 6.07) is 2.64. The van der Waals surface area contributed by atoms with Crippen molar-refractivity contribution < 1.29 is 38.7 Å². The highest BCUT2D eigenvalue weighted by molar-refractivity contribution is 7.80. The van der Waals surface area contributed by atoms with Crippen LogP contribution in [0, 0.1) is 5.92 Å². The first kappa shape index (κ1) is 40.8. The molecule has 262 valence electrons. The number of benzene rings is 1. The molecular weight excluding hydrogens is 632 g/mol. The highest BCUT2D eigenvalue weighted by Gasteiger charge is 2.33. The zero-order valence-electron chi connectivity index (χ0n) is 26.7. The van der Waals surface area contributed by atoms with Gasteiger partial charge in [-0.1, -0.05) is 44.2 Å². The molecule has 5 atom stereocenters. The summed E-state index contributed by atoms with van der Waals surface area (Å²) in [6.07, 6.45) is 0.752. The Morgan fingerprint density at radius 2 is 1.30 bits per heavy atom. The second-order valence-electron chi connectivity index (χ2n) is 11.2. The summed E-state index contributed by atoms with van der Waals surface area (Å²) in [5.41, 5.74) is 16.8. The Morgan fingerprint density at radius 1 is 0.745 bits per heavy atom. The van der Waals surface area contributed by atoms with Gasteiger partial charge in [-0.15, -0.1) is 0 Å². The van der Waals surface area contributed by atoms with Crippen molar-refractivity contribution in [2.75, 3.05) is 18.8 Å². The van der Waals surface area contributed by atoms with E-state index >= 15 is 0 Å². The van der Waals surface area contributed by atoms with Gasteiger partial charge in [0.15, 0.2) is 0 Å². The highest BCUT2D eigenvalue weighted by Crippen LogP contribution is 2.09. The number of carbonyl (C=O) groups is 7. The Morgan fingerprint density at radius 3 is 1.83 bits per heavy atom. The Bertz CT molecular complexity index is 1220. The van der Waals surface area contributed by atoms with Crippen LogP contribution in [0.1, 0.15) is 51.5 Å². The number of aliphatic carboxylic acids is 1. The van der Waals surface area contributed by atoms with Gasteiger partial charge >= 0.3 is 5.97 Å². The number of nitrogens with one attached hydrogen (secondary N) is 5. The number of amides is 6.